The van der Waals surface area contributed by atoms with Crippen LogP contribution in [0.1, 0.15) is 28.5 Å². The molecule has 0 saturated carbocycles. The predicted molar refractivity (Wildman–Crippen MR) is 108 cm³/mol. The highest BCUT2D eigenvalue weighted by atomic mass is 16.5. The summed E-state index contributed by atoms with van der Waals surface area (Å²) in [6, 6.07) is 16.5. The molecule has 0 unspecified atom stereocenters. The van der Waals surface area contributed by atoms with E-state index in [-0.39, 0.29) is 12.4 Å². The van der Waals surface area contributed by atoms with Gasteiger partial charge in [-0.15, -0.1) is 5.10 Å². The number of hydrogen-bond donors (Lipinski definition) is 0. The van der Waals surface area contributed by atoms with Crippen LogP contribution in [0, 0.1) is 0 Å². The average Bonchev–Trinajstić information content (AvgIpc) is 3.19. The van der Waals surface area contributed by atoms with E-state index in [4.69, 9.17) is 9.47 Å². The van der Waals surface area contributed by atoms with Crippen molar-refractivity contribution < 1.29 is 19.1 Å². The Labute approximate surface area is 168 Å². The van der Waals surface area contributed by atoms with Crippen LogP contribution in [0.3, 0.4) is 0 Å². The summed E-state index contributed by atoms with van der Waals surface area (Å²) in [7, 11) is 0. The van der Waals surface area contributed by atoms with E-state index in [0.29, 0.717) is 30.2 Å². The molecule has 29 heavy (non-hydrogen) atoms. The van der Waals surface area contributed by atoms with E-state index < -0.39 is 5.97 Å². The van der Waals surface area contributed by atoms with Gasteiger partial charge in [-0.1, -0.05) is 35.5 Å². The van der Waals surface area contributed by atoms with Gasteiger partial charge in [0, 0.05) is 11.6 Å². The molecule has 0 fully saturated rings. The topological polar surface area (TPSA) is 83.3 Å². The number of nitrogens with zero attached hydrogens (tertiary/aromatic N) is 3. The number of ether oxygens (including phenoxy) is 2. The Hall–Kier alpha value is -3.74. The lowest BCUT2D eigenvalue weighted by Gasteiger charge is -2.04. The molecule has 7 nitrogen and oxygen atoms in total. The van der Waals surface area contributed by atoms with Crippen molar-refractivity contribution in [3.05, 3.63) is 83.7 Å². The van der Waals surface area contributed by atoms with Gasteiger partial charge in [0.2, 0.25) is 0 Å². The summed E-state index contributed by atoms with van der Waals surface area (Å²) < 4.78 is 12.0. The van der Waals surface area contributed by atoms with Crippen molar-refractivity contribution in [2.24, 2.45) is 0 Å². The second-order valence-corrected chi connectivity index (χ2v) is 6.15. The summed E-state index contributed by atoms with van der Waals surface area (Å²) in [6.45, 7) is 2.69. The van der Waals surface area contributed by atoms with E-state index in [1.807, 2.05) is 37.3 Å². The minimum absolute atomic E-state index is 0.288. The Morgan fingerprint density at radius 2 is 1.83 bits per heavy atom. The zero-order valence-corrected chi connectivity index (χ0v) is 16.0. The van der Waals surface area contributed by atoms with Crippen LogP contribution in [0.5, 0.6) is 5.75 Å². The number of rotatable bonds is 9. The highest BCUT2D eigenvalue weighted by Gasteiger charge is 2.09. The second-order valence-electron chi connectivity index (χ2n) is 6.15. The molecule has 148 valence electrons. The molecule has 1 heterocycles. The minimum Gasteiger partial charge on any atom is -0.494 e. The first-order valence-corrected chi connectivity index (χ1v) is 9.19. The van der Waals surface area contributed by atoms with Crippen molar-refractivity contribution in [1.82, 2.24) is 15.0 Å². The minimum atomic E-state index is -0.623. The zero-order valence-electron chi connectivity index (χ0n) is 16.0. The van der Waals surface area contributed by atoms with E-state index in [9.17, 15) is 9.59 Å². The molecule has 0 amide bonds. The third-order valence-electron chi connectivity index (χ3n) is 3.97. The predicted octanol–water partition coefficient (Wildman–Crippen LogP) is 3.16. The Balaban J connectivity index is 1.47. The van der Waals surface area contributed by atoms with Crippen LogP contribution in [-0.4, -0.2) is 40.0 Å². The third kappa shape index (κ3) is 6.14. The fourth-order valence-electron chi connectivity index (χ4n) is 2.56. The van der Waals surface area contributed by atoms with Gasteiger partial charge in [0.1, 0.15) is 11.4 Å². The summed E-state index contributed by atoms with van der Waals surface area (Å²) in [4.78, 5) is 24.0. The molecule has 0 atom stereocenters. The van der Waals surface area contributed by atoms with Crippen LogP contribution in [0.15, 0.2) is 66.9 Å². The number of aromatic nitrogens is 3. The van der Waals surface area contributed by atoms with Crippen molar-refractivity contribution in [2.75, 3.05) is 13.2 Å². The molecule has 0 spiro atoms. The number of Topliss-reactive ketones (excluding diaryl/α,β-unsaturated/α-hetero) is 1. The number of hydrogen-bond acceptors (Lipinski definition) is 6. The van der Waals surface area contributed by atoms with Gasteiger partial charge in [0.25, 0.3) is 0 Å². The smallest absolute Gasteiger partial charge is 0.331 e. The van der Waals surface area contributed by atoms with Gasteiger partial charge in [-0.3, -0.25) is 4.79 Å². The summed E-state index contributed by atoms with van der Waals surface area (Å²) in [5, 5.41) is 8.01. The molecular weight excluding hydrogens is 370 g/mol. The fraction of sp³-hybridized carbons (Fsp3) is 0.182. The van der Waals surface area contributed by atoms with Crippen LogP contribution < -0.4 is 4.74 Å². The molecular formula is C22H21N3O4. The average molecular weight is 391 g/mol. The van der Waals surface area contributed by atoms with Crippen molar-refractivity contribution >= 4 is 17.8 Å². The van der Waals surface area contributed by atoms with Gasteiger partial charge < -0.3 is 9.47 Å². The molecule has 0 bridgehead atoms. The number of carbonyl (C=O) groups excluding carboxylic acids is 2. The lowest BCUT2D eigenvalue weighted by atomic mass is 10.1. The van der Waals surface area contributed by atoms with Crippen molar-refractivity contribution in [3.63, 3.8) is 0 Å². The maximum Gasteiger partial charge on any atom is 0.331 e. The lowest BCUT2D eigenvalue weighted by Crippen LogP contribution is -2.12. The van der Waals surface area contributed by atoms with Crippen LogP contribution >= 0.6 is 0 Å². The standard InChI is InChI=1S/C22H21N3O4/c1-2-28-20-11-8-18(9-12-20)21(26)16-29-22(27)13-10-19-15-25(24-23-19)14-17-6-4-3-5-7-17/h3-13,15H,2,14,16H2,1H3/b13-10+. The summed E-state index contributed by atoms with van der Waals surface area (Å²) >= 11 is 0. The van der Waals surface area contributed by atoms with Crippen molar-refractivity contribution in [1.29, 1.82) is 0 Å². The monoisotopic (exact) mass is 391 g/mol. The number of esters is 1. The van der Waals surface area contributed by atoms with Crippen LogP contribution in [0.4, 0.5) is 0 Å². The maximum absolute atomic E-state index is 12.1. The van der Waals surface area contributed by atoms with Crippen molar-refractivity contribution in [3.8, 4) is 5.75 Å². The number of ketones is 1. The van der Waals surface area contributed by atoms with Gasteiger partial charge in [-0.2, -0.15) is 0 Å². The largest absolute Gasteiger partial charge is 0.494 e. The van der Waals surface area contributed by atoms with Crippen LogP contribution in [0.2, 0.25) is 0 Å². The molecule has 0 aliphatic rings. The molecule has 7 heteroatoms. The van der Waals surface area contributed by atoms with E-state index in [2.05, 4.69) is 10.3 Å². The first kappa shape index (κ1) is 20.0. The lowest BCUT2D eigenvalue weighted by molar-refractivity contribution is -0.136. The van der Waals surface area contributed by atoms with E-state index in [0.717, 1.165) is 5.56 Å². The number of benzene rings is 2. The zero-order chi connectivity index (χ0) is 20.5. The molecule has 0 radical (unpaired) electrons. The molecule has 0 N–H and O–H groups in total. The Morgan fingerprint density at radius 1 is 1.07 bits per heavy atom. The van der Waals surface area contributed by atoms with Gasteiger partial charge in [-0.05, 0) is 42.8 Å². The van der Waals surface area contributed by atoms with E-state index in [1.54, 1.807) is 35.1 Å². The molecule has 3 rings (SSSR count). The van der Waals surface area contributed by atoms with E-state index in [1.165, 1.54) is 12.2 Å². The third-order valence-corrected chi connectivity index (χ3v) is 3.97. The van der Waals surface area contributed by atoms with Gasteiger partial charge in [-0.25, -0.2) is 9.48 Å². The normalized spacial score (nSPS) is 10.8. The van der Waals surface area contributed by atoms with Crippen LogP contribution in [-0.2, 0) is 16.1 Å². The van der Waals surface area contributed by atoms with Crippen molar-refractivity contribution in [2.45, 2.75) is 13.5 Å². The van der Waals surface area contributed by atoms with Gasteiger partial charge >= 0.3 is 5.97 Å². The first-order valence-electron chi connectivity index (χ1n) is 9.19. The summed E-state index contributed by atoms with van der Waals surface area (Å²) in [5.74, 6) is -0.227. The Bertz CT molecular complexity index is 979. The summed E-state index contributed by atoms with van der Waals surface area (Å²) in [6.07, 6.45) is 4.45. The Kier molecular flexibility index (Phi) is 6.89. The SMILES string of the molecule is CCOc1ccc(C(=O)COC(=O)/C=C/c2cn(Cc3ccccc3)nn2)cc1. The molecule has 0 aliphatic carbocycles. The molecule has 3 aromatic rings. The van der Waals surface area contributed by atoms with Gasteiger partial charge in [0.05, 0.1) is 19.3 Å². The second kappa shape index (κ2) is 9.98. The molecule has 0 saturated heterocycles. The Morgan fingerprint density at radius 3 is 2.55 bits per heavy atom. The fourth-order valence-corrected chi connectivity index (χ4v) is 2.56. The van der Waals surface area contributed by atoms with Crippen LogP contribution in [0.25, 0.3) is 6.08 Å². The summed E-state index contributed by atoms with van der Waals surface area (Å²) in [5.41, 5.74) is 2.07. The molecule has 0 aliphatic heterocycles. The first-order chi connectivity index (χ1) is 14.1. The van der Waals surface area contributed by atoms with E-state index >= 15 is 0 Å². The molecule has 2 aromatic carbocycles. The van der Waals surface area contributed by atoms with Gasteiger partial charge in [0.15, 0.2) is 12.4 Å². The quantitative estimate of drug-likeness (QED) is 0.317. The maximum atomic E-state index is 12.1. The highest BCUT2D eigenvalue weighted by Crippen LogP contribution is 2.12. The molecule has 1 aromatic heterocycles. The highest BCUT2D eigenvalue weighted by molar-refractivity contribution is 5.98. The number of carbonyl (C=O) groups is 2.